The van der Waals surface area contributed by atoms with Gasteiger partial charge in [0.15, 0.2) is 9.84 Å². The normalized spacial score (nSPS) is 29.6. The van der Waals surface area contributed by atoms with E-state index >= 15 is 0 Å². The minimum absolute atomic E-state index is 0.0258. The summed E-state index contributed by atoms with van der Waals surface area (Å²) in [5, 5.41) is 0. The van der Waals surface area contributed by atoms with Crippen LogP contribution in [0.15, 0.2) is 24.3 Å². The standard InChI is InChI=1S/C13H15NO3S/c1-9-4-2-3-5-11(9)14-12-8-18(16,17)7-10(12)6-13(14)15/h2-5,10,12H,6-8H2,1H3/t10-,12-/m0/s1. The number of benzene rings is 1. The molecule has 18 heavy (non-hydrogen) atoms. The van der Waals surface area contributed by atoms with Crippen molar-refractivity contribution in [1.82, 2.24) is 0 Å². The quantitative estimate of drug-likeness (QED) is 0.765. The Morgan fingerprint density at radius 1 is 1.22 bits per heavy atom. The number of aryl methyl sites for hydroxylation is 1. The first-order valence-electron chi connectivity index (χ1n) is 6.06. The third-order valence-electron chi connectivity index (χ3n) is 3.85. The molecular formula is C13H15NO3S. The lowest BCUT2D eigenvalue weighted by Gasteiger charge is -2.24. The third kappa shape index (κ3) is 1.73. The number of nitrogens with zero attached hydrogens (tertiary/aromatic N) is 1. The van der Waals surface area contributed by atoms with Gasteiger partial charge in [0.1, 0.15) is 0 Å². The Hall–Kier alpha value is -1.36. The molecular weight excluding hydrogens is 250 g/mol. The SMILES string of the molecule is Cc1ccccc1N1C(=O)C[C@H]2CS(=O)(=O)C[C@@H]21. The Kier molecular flexibility index (Phi) is 2.48. The van der Waals surface area contributed by atoms with Gasteiger partial charge in [-0.25, -0.2) is 8.42 Å². The minimum Gasteiger partial charge on any atom is -0.308 e. The van der Waals surface area contributed by atoms with Gasteiger partial charge in [0.25, 0.3) is 0 Å². The zero-order chi connectivity index (χ0) is 12.9. The fraction of sp³-hybridized carbons (Fsp3) is 0.462. The number of carbonyl (C=O) groups excluding carboxylic acids is 1. The third-order valence-corrected chi connectivity index (χ3v) is 5.63. The van der Waals surface area contributed by atoms with Gasteiger partial charge in [-0.3, -0.25) is 4.79 Å². The molecule has 2 fully saturated rings. The summed E-state index contributed by atoms with van der Waals surface area (Å²) in [6, 6.07) is 7.47. The van der Waals surface area contributed by atoms with E-state index in [1.807, 2.05) is 31.2 Å². The molecule has 0 unspecified atom stereocenters. The Morgan fingerprint density at radius 3 is 2.67 bits per heavy atom. The summed E-state index contributed by atoms with van der Waals surface area (Å²) < 4.78 is 23.3. The van der Waals surface area contributed by atoms with Crippen LogP contribution in [-0.4, -0.2) is 31.9 Å². The number of rotatable bonds is 1. The fourth-order valence-corrected chi connectivity index (χ4v) is 5.11. The topological polar surface area (TPSA) is 54.5 Å². The summed E-state index contributed by atoms with van der Waals surface area (Å²) in [7, 11) is -2.98. The number of sulfone groups is 1. The van der Waals surface area contributed by atoms with Crippen LogP contribution in [-0.2, 0) is 14.6 Å². The molecule has 0 spiro atoms. The van der Waals surface area contributed by atoms with Crippen molar-refractivity contribution in [2.24, 2.45) is 5.92 Å². The summed E-state index contributed by atoms with van der Waals surface area (Å²) >= 11 is 0. The zero-order valence-corrected chi connectivity index (χ0v) is 11.0. The molecule has 2 aliphatic rings. The maximum absolute atomic E-state index is 12.1. The van der Waals surface area contributed by atoms with Crippen LogP contribution in [0.2, 0.25) is 0 Å². The van der Waals surface area contributed by atoms with Crippen LogP contribution in [0.5, 0.6) is 0 Å². The number of hydrogen-bond donors (Lipinski definition) is 0. The van der Waals surface area contributed by atoms with Crippen LogP contribution in [0.3, 0.4) is 0 Å². The first kappa shape index (κ1) is 11.7. The van der Waals surface area contributed by atoms with E-state index in [9.17, 15) is 13.2 Å². The molecule has 96 valence electrons. The predicted molar refractivity (Wildman–Crippen MR) is 69.2 cm³/mol. The number of carbonyl (C=O) groups is 1. The van der Waals surface area contributed by atoms with Gasteiger partial charge in [0, 0.05) is 18.0 Å². The largest absolute Gasteiger partial charge is 0.308 e. The number of fused-ring (bicyclic) bond motifs is 1. The van der Waals surface area contributed by atoms with Crippen molar-refractivity contribution in [3.8, 4) is 0 Å². The lowest BCUT2D eigenvalue weighted by atomic mass is 10.0. The van der Waals surface area contributed by atoms with Crippen molar-refractivity contribution in [2.45, 2.75) is 19.4 Å². The lowest BCUT2D eigenvalue weighted by molar-refractivity contribution is -0.117. The number of para-hydroxylation sites is 1. The Balaban J connectivity index is 2.02. The summed E-state index contributed by atoms with van der Waals surface area (Å²) in [5.74, 6) is 0.292. The van der Waals surface area contributed by atoms with Crippen molar-refractivity contribution in [2.75, 3.05) is 16.4 Å². The van der Waals surface area contributed by atoms with Gasteiger partial charge in [-0.2, -0.15) is 0 Å². The molecule has 2 aliphatic heterocycles. The lowest BCUT2D eigenvalue weighted by Crippen LogP contribution is -2.36. The van der Waals surface area contributed by atoms with Crippen molar-refractivity contribution >= 4 is 21.4 Å². The molecule has 5 heteroatoms. The van der Waals surface area contributed by atoms with Crippen molar-refractivity contribution in [3.63, 3.8) is 0 Å². The van der Waals surface area contributed by atoms with Gasteiger partial charge < -0.3 is 4.90 Å². The van der Waals surface area contributed by atoms with E-state index in [-0.39, 0.29) is 29.4 Å². The first-order chi connectivity index (χ1) is 8.48. The predicted octanol–water partition coefficient (Wildman–Crippen LogP) is 1.14. The highest BCUT2D eigenvalue weighted by molar-refractivity contribution is 7.91. The average Bonchev–Trinajstić information content (AvgIpc) is 2.70. The molecule has 1 aromatic carbocycles. The molecule has 0 saturated carbocycles. The Bertz CT molecular complexity index is 608. The van der Waals surface area contributed by atoms with Gasteiger partial charge in [-0.15, -0.1) is 0 Å². The zero-order valence-electron chi connectivity index (χ0n) is 10.2. The van der Waals surface area contributed by atoms with E-state index in [4.69, 9.17) is 0 Å². The van der Waals surface area contributed by atoms with Crippen LogP contribution in [0.4, 0.5) is 5.69 Å². The first-order valence-corrected chi connectivity index (χ1v) is 7.88. The van der Waals surface area contributed by atoms with Crippen molar-refractivity contribution in [3.05, 3.63) is 29.8 Å². The van der Waals surface area contributed by atoms with E-state index in [1.165, 1.54) is 0 Å². The molecule has 4 nitrogen and oxygen atoms in total. The molecule has 2 atom stereocenters. The number of amides is 1. The number of anilines is 1. The highest BCUT2D eigenvalue weighted by atomic mass is 32.2. The second-order valence-electron chi connectivity index (χ2n) is 5.16. The molecule has 2 saturated heterocycles. The van der Waals surface area contributed by atoms with Crippen LogP contribution < -0.4 is 4.90 Å². The molecule has 0 N–H and O–H groups in total. The van der Waals surface area contributed by atoms with Gasteiger partial charge >= 0.3 is 0 Å². The monoisotopic (exact) mass is 265 g/mol. The number of hydrogen-bond acceptors (Lipinski definition) is 3. The average molecular weight is 265 g/mol. The molecule has 3 rings (SSSR count). The van der Waals surface area contributed by atoms with Gasteiger partial charge in [-0.1, -0.05) is 18.2 Å². The molecule has 0 radical (unpaired) electrons. The molecule has 0 aliphatic carbocycles. The summed E-state index contributed by atoms with van der Waals surface area (Å²) in [6.07, 6.45) is 0.359. The van der Waals surface area contributed by atoms with E-state index in [2.05, 4.69) is 0 Å². The van der Waals surface area contributed by atoms with Gasteiger partial charge in [-0.05, 0) is 18.6 Å². The highest BCUT2D eigenvalue weighted by Crippen LogP contribution is 2.38. The fourth-order valence-electron chi connectivity index (χ4n) is 3.04. The minimum atomic E-state index is -2.98. The molecule has 2 heterocycles. The van der Waals surface area contributed by atoms with E-state index < -0.39 is 9.84 Å². The van der Waals surface area contributed by atoms with Crippen LogP contribution in [0.25, 0.3) is 0 Å². The second-order valence-corrected chi connectivity index (χ2v) is 7.31. The summed E-state index contributed by atoms with van der Waals surface area (Å²) in [4.78, 5) is 13.8. The Morgan fingerprint density at radius 2 is 1.94 bits per heavy atom. The van der Waals surface area contributed by atoms with E-state index in [0.717, 1.165) is 11.3 Å². The van der Waals surface area contributed by atoms with Crippen molar-refractivity contribution < 1.29 is 13.2 Å². The Labute approximate surface area is 107 Å². The second kappa shape index (κ2) is 3.82. The molecule has 0 aromatic heterocycles. The van der Waals surface area contributed by atoms with Crippen molar-refractivity contribution in [1.29, 1.82) is 0 Å². The van der Waals surface area contributed by atoms with Crippen LogP contribution >= 0.6 is 0 Å². The van der Waals surface area contributed by atoms with Gasteiger partial charge in [0.2, 0.25) is 5.91 Å². The van der Waals surface area contributed by atoms with Crippen LogP contribution in [0, 0.1) is 12.8 Å². The molecule has 1 aromatic rings. The van der Waals surface area contributed by atoms with E-state index in [0.29, 0.717) is 6.42 Å². The highest BCUT2D eigenvalue weighted by Gasteiger charge is 2.49. The maximum Gasteiger partial charge on any atom is 0.227 e. The maximum atomic E-state index is 12.1. The summed E-state index contributed by atoms with van der Waals surface area (Å²) in [6.45, 7) is 1.94. The molecule has 1 amide bonds. The van der Waals surface area contributed by atoms with E-state index in [1.54, 1.807) is 4.90 Å². The van der Waals surface area contributed by atoms with Gasteiger partial charge in [0.05, 0.1) is 17.5 Å². The smallest absolute Gasteiger partial charge is 0.227 e. The molecule has 0 bridgehead atoms. The summed E-state index contributed by atoms with van der Waals surface area (Å²) in [5.41, 5.74) is 1.86. The van der Waals surface area contributed by atoms with Crippen LogP contribution in [0.1, 0.15) is 12.0 Å².